The van der Waals surface area contributed by atoms with Crippen molar-refractivity contribution >= 4 is 31.9 Å². The molecule has 0 bridgehead atoms. The van der Waals surface area contributed by atoms with Crippen LogP contribution in [0.3, 0.4) is 0 Å². The van der Waals surface area contributed by atoms with Crippen LogP contribution in [0.25, 0.3) is 0 Å². The molecule has 0 radical (unpaired) electrons. The lowest BCUT2D eigenvalue weighted by Crippen LogP contribution is -1.87. The second-order valence-electron chi connectivity index (χ2n) is 2.33. The van der Waals surface area contributed by atoms with Crippen LogP contribution in [0.4, 0.5) is 4.39 Å². The maximum Gasteiger partial charge on any atom is 0.127 e. The predicted octanol–water partition coefficient (Wildman–Crippen LogP) is 3.79. The Morgan fingerprint density at radius 2 is 2.09 bits per heavy atom. The van der Waals surface area contributed by atoms with E-state index in [2.05, 4.69) is 31.9 Å². The van der Waals surface area contributed by atoms with Gasteiger partial charge in [0, 0.05) is 9.80 Å². The van der Waals surface area contributed by atoms with E-state index in [-0.39, 0.29) is 5.82 Å². The Balaban J connectivity index is 3.21. The fraction of sp³-hybridized carbons (Fsp3) is 0.250. The highest BCUT2D eigenvalue weighted by atomic mass is 79.9. The zero-order valence-corrected chi connectivity index (χ0v) is 9.17. The number of halogens is 3. The van der Waals surface area contributed by atoms with E-state index in [0.29, 0.717) is 10.9 Å². The van der Waals surface area contributed by atoms with Gasteiger partial charge in [-0.15, -0.1) is 0 Å². The Kier molecular flexibility index (Phi) is 3.07. The molecule has 3 heteroatoms. The van der Waals surface area contributed by atoms with E-state index >= 15 is 0 Å². The minimum absolute atomic E-state index is 0.150. The van der Waals surface area contributed by atoms with Crippen molar-refractivity contribution in [2.75, 3.05) is 0 Å². The maximum absolute atomic E-state index is 13.0. The summed E-state index contributed by atoms with van der Waals surface area (Å²) in [6, 6.07) is 3.32. The van der Waals surface area contributed by atoms with Crippen molar-refractivity contribution in [3.63, 3.8) is 0 Å². The minimum atomic E-state index is -0.150. The molecule has 11 heavy (non-hydrogen) atoms. The van der Waals surface area contributed by atoms with Crippen LogP contribution in [0.2, 0.25) is 0 Å². The number of hydrogen-bond acceptors (Lipinski definition) is 0. The van der Waals surface area contributed by atoms with Gasteiger partial charge in [0.2, 0.25) is 0 Å². The van der Waals surface area contributed by atoms with E-state index in [4.69, 9.17) is 0 Å². The Labute approximate surface area is 82.1 Å². The summed E-state index contributed by atoms with van der Waals surface area (Å²) in [6.45, 7) is 1.87. The normalized spacial score (nSPS) is 10.2. The zero-order valence-electron chi connectivity index (χ0n) is 6.00. The molecule has 0 aliphatic heterocycles. The average molecular weight is 282 g/mol. The van der Waals surface area contributed by atoms with E-state index < -0.39 is 0 Å². The number of alkyl halides is 1. The molecular formula is C8H7Br2F. The standard InChI is InChI=1S/C8H7Br2F/c1-5-2-8(11)6(4-9)3-7(5)10/h2-3H,4H2,1H3. The molecule has 0 amide bonds. The molecule has 0 aliphatic rings. The Morgan fingerprint density at radius 3 is 2.64 bits per heavy atom. The first-order valence-electron chi connectivity index (χ1n) is 3.15. The quantitative estimate of drug-likeness (QED) is 0.687. The molecule has 60 valence electrons. The molecule has 1 aromatic carbocycles. The van der Waals surface area contributed by atoms with Crippen molar-refractivity contribution in [2.45, 2.75) is 12.3 Å². The van der Waals surface area contributed by atoms with Crippen LogP contribution in [0.1, 0.15) is 11.1 Å². The van der Waals surface area contributed by atoms with E-state index in [0.717, 1.165) is 10.0 Å². The second kappa shape index (κ2) is 3.68. The van der Waals surface area contributed by atoms with Crippen molar-refractivity contribution < 1.29 is 4.39 Å². The summed E-state index contributed by atoms with van der Waals surface area (Å²) in [5, 5.41) is 0.553. The van der Waals surface area contributed by atoms with Crippen LogP contribution in [-0.4, -0.2) is 0 Å². The summed E-state index contributed by atoms with van der Waals surface area (Å²) < 4.78 is 13.9. The van der Waals surface area contributed by atoms with E-state index in [1.54, 1.807) is 6.07 Å². The topological polar surface area (TPSA) is 0 Å². The first kappa shape index (κ1) is 9.20. The van der Waals surface area contributed by atoms with Crippen LogP contribution in [0.5, 0.6) is 0 Å². The van der Waals surface area contributed by atoms with Gasteiger partial charge in [-0.1, -0.05) is 31.9 Å². The molecule has 0 nitrogen and oxygen atoms in total. The van der Waals surface area contributed by atoms with Gasteiger partial charge in [-0.25, -0.2) is 4.39 Å². The molecule has 0 fully saturated rings. The van der Waals surface area contributed by atoms with Gasteiger partial charge in [0.15, 0.2) is 0 Å². The van der Waals surface area contributed by atoms with Crippen molar-refractivity contribution in [3.05, 3.63) is 33.5 Å². The second-order valence-corrected chi connectivity index (χ2v) is 3.74. The molecular weight excluding hydrogens is 275 g/mol. The maximum atomic E-state index is 13.0. The van der Waals surface area contributed by atoms with E-state index in [1.165, 1.54) is 6.07 Å². The third-order valence-corrected chi connectivity index (χ3v) is 2.93. The highest BCUT2D eigenvalue weighted by Gasteiger charge is 2.03. The lowest BCUT2D eigenvalue weighted by Gasteiger charge is -2.02. The average Bonchev–Trinajstić information content (AvgIpc) is 1.97. The Hall–Kier alpha value is 0.110. The molecule has 1 aromatic rings. The Morgan fingerprint density at radius 1 is 1.45 bits per heavy atom. The smallest absolute Gasteiger partial charge is 0.127 e. The largest absolute Gasteiger partial charge is 0.207 e. The molecule has 0 unspecified atom stereocenters. The fourth-order valence-corrected chi connectivity index (χ4v) is 1.61. The van der Waals surface area contributed by atoms with Gasteiger partial charge in [-0.2, -0.15) is 0 Å². The highest BCUT2D eigenvalue weighted by molar-refractivity contribution is 9.10. The van der Waals surface area contributed by atoms with Gasteiger partial charge in [0.25, 0.3) is 0 Å². The molecule has 0 N–H and O–H groups in total. The fourth-order valence-electron chi connectivity index (χ4n) is 0.790. The molecule has 0 spiro atoms. The summed E-state index contributed by atoms with van der Waals surface area (Å²) in [5.74, 6) is -0.150. The van der Waals surface area contributed by atoms with Crippen LogP contribution >= 0.6 is 31.9 Å². The summed E-state index contributed by atoms with van der Waals surface area (Å²) in [7, 11) is 0. The van der Waals surface area contributed by atoms with Gasteiger partial charge < -0.3 is 0 Å². The lowest BCUT2D eigenvalue weighted by atomic mass is 10.2. The summed E-state index contributed by atoms with van der Waals surface area (Å²) in [4.78, 5) is 0. The molecule has 0 aromatic heterocycles. The van der Waals surface area contributed by atoms with Crippen LogP contribution in [-0.2, 0) is 5.33 Å². The van der Waals surface area contributed by atoms with Gasteiger partial charge in [-0.05, 0) is 30.2 Å². The van der Waals surface area contributed by atoms with Crippen molar-refractivity contribution in [1.29, 1.82) is 0 Å². The van der Waals surface area contributed by atoms with Crippen LogP contribution < -0.4 is 0 Å². The number of benzene rings is 1. The third kappa shape index (κ3) is 2.03. The molecule has 0 saturated carbocycles. The van der Waals surface area contributed by atoms with E-state index in [9.17, 15) is 4.39 Å². The summed E-state index contributed by atoms with van der Waals surface area (Å²) >= 11 is 6.54. The minimum Gasteiger partial charge on any atom is -0.207 e. The van der Waals surface area contributed by atoms with Crippen molar-refractivity contribution in [3.8, 4) is 0 Å². The monoisotopic (exact) mass is 280 g/mol. The predicted molar refractivity (Wildman–Crippen MR) is 51.5 cm³/mol. The number of rotatable bonds is 1. The molecule has 0 saturated heterocycles. The SMILES string of the molecule is Cc1cc(F)c(CBr)cc1Br. The van der Waals surface area contributed by atoms with Gasteiger partial charge in [0.05, 0.1) is 0 Å². The lowest BCUT2D eigenvalue weighted by molar-refractivity contribution is 0.616. The zero-order chi connectivity index (χ0) is 8.43. The first-order chi connectivity index (χ1) is 5.15. The van der Waals surface area contributed by atoms with E-state index in [1.807, 2.05) is 6.92 Å². The highest BCUT2D eigenvalue weighted by Crippen LogP contribution is 2.21. The molecule has 0 atom stereocenters. The van der Waals surface area contributed by atoms with Crippen LogP contribution in [0.15, 0.2) is 16.6 Å². The van der Waals surface area contributed by atoms with Gasteiger partial charge in [-0.3, -0.25) is 0 Å². The first-order valence-corrected chi connectivity index (χ1v) is 5.07. The van der Waals surface area contributed by atoms with Crippen LogP contribution in [0, 0.1) is 12.7 Å². The number of hydrogen-bond donors (Lipinski definition) is 0. The Bertz CT molecular complexity index is 271. The van der Waals surface area contributed by atoms with Crippen molar-refractivity contribution in [1.82, 2.24) is 0 Å². The molecule has 0 aliphatic carbocycles. The summed E-state index contributed by atoms with van der Waals surface area (Å²) in [6.07, 6.45) is 0. The van der Waals surface area contributed by atoms with Gasteiger partial charge >= 0.3 is 0 Å². The van der Waals surface area contributed by atoms with Crippen molar-refractivity contribution in [2.24, 2.45) is 0 Å². The third-order valence-electron chi connectivity index (χ3n) is 1.47. The molecule has 0 heterocycles. The number of aryl methyl sites for hydroxylation is 1. The molecule has 1 rings (SSSR count). The summed E-state index contributed by atoms with van der Waals surface area (Å²) in [5.41, 5.74) is 1.61. The van der Waals surface area contributed by atoms with Gasteiger partial charge in [0.1, 0.15) is 5.82 Å².